The van der Waals surface area contributed by atoms with Crippen molar-refractivity contribution in [1.29, 1.82) is 0 Å². The topological polar surface area (TPSA) is 29.1 Å². The van der Waals surface area contributed by atoms with E-state index >= 15 is 0 Å². The van der Waals surface area contributed by atoms with Crippen LogP contribution in [0.1, 0.15) is 19.4 Å². The van der Waals surface area contributed by atoms with Gasteiger partial charge in [0.2, 0.25) is 5.91 Å². The smallest absolute Gasteiger partial charge is 0.234 e. The highest BCUT2D eigenvalue weighted by Crippen LogP contribution is 2.40. The van der Waals surface area contributed by atoms with Gasteiger partial charge in [0.15, 0.2) is 0 Å². The molecule has 0 spiro atoms. The summed E-state index contributed by atoms with van der Waals surface area (Å²) in [5.41, 5.74) is 0.359. The van der Waals surface area contributed by atoms with E-state index in [2.05, 4.69) is 21.2 Å². The van der Waals surface area contributed by atoms with Crippen LogP contribution in [0.15, 0.2) is 16.6 Å². The van der Waals surface area contributed by atoms with Gasteiger partial charge < -0.3 is 5.32 Å². The fraction of sp³-hybridized carbons (Fsp3) is 0.300. The van der Waals surface area contributed by atoms with Crippen LogP contribution in [0.5, 0.6) is 0 Å². The van der Waals surface area contributed by atoms with Gasteiger partial charge in [-0.1, -0.05) is 15.9 Å². The molecule has 1 heterocycles. The van der Waals surface area contributed by atoms with Gasteiger partial charge in [-0.3, -0.25) is 4.79 Å². The van der Waals surface area contributed by atoms with Gasteiger partial charge in [-0.25, -0.2) is 4.39 Å². The summed E-state index contributed by atoms with van der Waals surface area (Å²) in [7, 11) is 0. The number of hydrogen-bond donors (Lipinski definition) is 1. The van der Waals surface area contributed by atoms with Crippen LogP contribution >= 0.6 is 15.9 Å². The first-order valence-electron chi connectivity index (χ1n) is 4.24. The van der Waals surface area contributed by atoms with E-state index in [-0.39, 0.29) is 5.91 Å². The highest BCUT2D eigenvalue weighted by Gasteiger charge is 2.39. The van der Waals surface area contributed by atoms with Crippen molar-refractivity contribution < 1.29 is 9.18 Å². The third-order valence-corrected chi connectivity index (χ3v) is 2.99. The van der Waals surface area contributed by atoms with Gasteiger partial charge in [-0.05, 0) is 31.5 Å². The normalized spacial score (nSPS) is 17.9. The molecule has 1 aromatic carbocycles. The Bertz CT molecular complexity index is 428. The largest absolute Gasteiger partial charge is 0.323 e. The van der Waals surface area contributed by atoms with E-state index in [4.69, 9.17) is 0 Å². The fourth-order valence-corrected chi connectivity index (χ4v) is 2.02. The first-order valence-corrected chi connectivity index (χ1v) is 5.03. The summed E-state index contributed by atoms with van der Waals surface area (Å²) in [6, 6.07) is 3.12. The quantitative estimate of drug-likeness (QED) is 0.761. The lowest BCUT2D eigenvalue weighted by atomic mass is 9.86. The minimum absolute atomic E-state index is 0.162. The molecule has 4 heteroatoms. The van der Waals surface area contributed by atoms with E-state index < -0.39 is 11.2 Å². The molecule has 2 rings (SSSR count). The Morgan fingerprint density at radius 2 is 2.07 bits per heavy atom. The van der Waals surface area contributed by atoms with E-state index in [0.717, 1.165) is 0 Å². The minimum Gasteiger partial charge on any atom is -0.323 e. The highest BCUT2D eigenvalue weighted by molar-refractivity contribution is 9.10. The van der Waals surface area contributed by atoms with Gasteiger partial charge >= 0.3 is 0 Å². The molecule has 0 atom stereocenters. The summed E-state index contributed by atoms with van der Waals surface area (Å²) in [5, 5.41) is 2.55. The predicted molar refractivity (Wildman–Crippen MR) is 55.8 cm³/mol. The molecule has 0 aliphatic carbocycles. The van der Waals surface area contributed by atoms with Crippen LogP contribution in [0.25, 0.3) is 0 Å². The summed E-state index contributed by atoms with van der Waals surface area (Å²) in [6.07, 6.45) is 0. The number of anilines is 1. The van der Waals surface area contributed by atoms with Crippen LogP contribution in [-0.4, -0.2) is 5.91 Å². The molecule has 0 saturated carbocycles. The van der Waals surface area contributed by atoms with Crippen LogP contribution in [0, 0.1) is 5.82 Å². The molecule has 1 amide bonds. The Balaban J connectivity index is 2.71. The first kappa shape index (κ1) is 9.65. The summed E-state index contributed by atoms with van der Waals surface area (Å²) in [6.45, 7) is 3.56. The van der Waals surface area contributed by atoms with Crippen molar-refractivity contribution in [2.45, 2.75) is 19.3 Å². The molecule has 0 aromatic heterocycles. The molecule has 0 unspecified atom stereocenters. The minimum atomic E-state index is -0.653. The fourth-order valence-electron chi connectivity index (χ4n) is 1.59. The maximum atomic E-state index is 13.4. The number of amides is 1. The number of fused-ring (bicyclic) bond motifs is 1. The molecule has 0 bridgehead atoms. The molecule has 0 fully saturated rings. The monoisotopic (exact) mass is 257 g/mol. The summed E-state index contributed by atoms with van der Waals surface area (Å²) >= 11 is 3.21. The molecule has 0 radical (unpaired) electrons. The molecule has 1 aliphatic heterocycles. The van der Waals surface area contributed by atoms with Crippen molar-refractivity contribution in [3.8, 4) is 0 Å². The number of nitrogens with one attached hydrogen (secondary N) is 1. The molecule has 14 heavy (non-hydrogen) atoms. The molecule has 1 N–H and O–H groups in total. The second kappa shape index (κ2) is 2.79. The number of benzene rings is 1. The Kier molecular flexibility index (Phi) is 1.93. The van der Waals surface area contributed by atoms with Gasteiger partial charge in [-0.15, -0.1) is 0 Å². The van der Waals surface area contributed by atoms with Crippen LogP contribution in [0.4, 0.5) is 10.1 Å². The lowest BCUT2D eigenvalue weighted by Gasteiger charge is -2.14. The summed E-state index contributed by atoms with van der Waals surface area (Å²) in [4.78, 5) is 11.5. The number of carbonyl (C=O) groups excluding carboxylic acids is 1. The van der Waals surface area contributed by atoms with Crippen molar-refractivity contribution in [1.82, 2.24) is 0 Å². The predicted octanol–water partition coefficient (Wildman–Crippen LogP) is 2.82. The summed E-state index contributed by atoms with van der Waals surface area (Å²) in [5.74, 6) is -0.558. The zero-order valence-electron chi connectivity index (χ0n) is 7.82. The standard InChI is InChI=1S/C10H9BrFNO/c1-10(2)6-3-5(11)4-7(12)8(6)13-9(10)14/h3-4H,1-2H3,(H,13,14). The maximum Gasteiger partial charge on any atom is 0.234 e. The van der Waals surface area contributed by atoms with Gasteiger partial charge in [0.05, 0.1) is 11.1 Å². The molecule has 0 saturated heterocycles. The Hall–Kier alpha value is -0.900. The second-order valence-electron chi connectivity index (χ2n) is 3.89. The Labute approximate surface area is 89.6 Å². The van der Waals surface area contributed by atoms with E-state index in [0.29, 0.717) is 15.7 Å². The van der Waals surface area contributed by atoms with E-state index in [1.807, 2.05) is 0 Å². The van der Waals surface area contributed by atoms with Crippen molar-refractivity contribution in [2.24, 2.45) is 0 Å². The van der Waals surface area contributed by atoms with Crippen molar-refractivity contribution in [2.75, 3.05) is 5.32 Å². The number of carbonyl (C=O) groups is 1. The van der Waals surface area contributed by atoms with Crippen LogP contribution in [-0.2, 0) is 10.2 Å². The lowest BCUT2D eigenvalue weighted by Crippen LogP contribution is -2.26. The molecule has 1 aliphatic rings. The zero-order chi connectivity index (χ0) is 10.5. The SMILES string of the molecule is CC1(C)C(=O)Nc2c(F)cc(Br)cc21. The van der Waals surface area contributed by atoms with Crippen molar-refractivity contribution in [3.63, 3.8) is 0 Å². The van der Waals surface area contributed by atoms with E-state index in [1.165, 1.54) is 6.07 Å². The molecule has 74 valence electrons. The third-order valence-electron chi connectivity index (χ3n) is 2.53. The highest BCUT2D eigenvalue weighted by atomic mass is 79.9. The van der Waals surface area contributed by atoms with Gasteiger partial charge in [0.1, 0.15) is 5.82 Å². The van der Waals surface area contributed by atoms with E-state index in [9.17, 15) is 9.18 Å². The lowest BCUT2D eigenvalue weighted by molar-refractivity contribution is -0.119. The third kappa shape index (κ3) is 1.17. The van der Waals surface area contributed by atoms with Crippen molar-refractivity contribution in [3.05, 3.63) is 28.0 Å². The molecular weight excluding hydrogens is 249 g/mol. The second-order valence-corrected chi connectivity index (χ2v) is 4.80. The molecule has 2 nitrogen and oxygen atoms in total. The van der Waals surface area contributed by atoms with E-state index in [1.54, 1.807) is 19.9 Å². The van der Waals surface area contributed by atoms with Gasteiger partial charge in [0, 0.05) is 4.47 Å². The maximum absolute atomic E-state index is 13.4. The van der Waals surface area contributed by atoms with Crippen molar-refractivity contribution >= 4 is 27.5 Å². The van der Waals surface area contributed by atoms with Gasteiger partial charge in [-0.2, -0.15) is 0 Å². The average molecular weight is 258 g/mol. The summed E-state index contributed by atoms with van der Waals surface area (Å²) < 4.78 is 14.1. The number of halogens is 2. The van der Waals surface area contributed by atoms with Crippen LogP contribution in [0.3, 0.4) is 0 Å². The Morgan fingerprint density at radius 1 is 1.43 bits per heavy atom. The first-order chi connectivity index (χ1) is 6.43. The van der Waals surface area contributed by atoms with Gasteiger partial charge in [0.25, 0.3) is 0 Å². The van der Waals surface area contributed by atoms with Crippen LogP contribution in [0.2, 0.25) is 0 Å². The Morgan fingerprint density at radius 3 is 2.71 bits per heavy atom. The number of hydrogen-bond acceptors (Lipinski definition) is 1. The number of rotatable bonds is 0. The average Bonchev–Trinajstić information content (AvgIpc) is 2.28. The molecular formula is C10H9BrFNO. The molecule has 1 aromatic rings. The zero-order valence-corrected chi connectivity index (χ0v) is 9.40. The van der Waals surface area contributed by atoms with Crippen LogP contribution < -0.4 is 5.32 Å².